The standard InChI is InChI=1S/C13H19NO2S/c1-9-4-5-12(6-10(9)2)13-8-17(15,16)7-11(3)14-13/h4-6,11,13-14H,7-8H2,1-3H3. The second-order valence-corrected chi connectivity index (χ2v) is 7.19. The minimum absolute atomic E-state index is 0.0281. The topological polar surface area (TPSA) is 46.2 Å². The maximum Gasteiger partial charge on any atom is 0.153 e. The van der Waals surface area contributed by atoms with E-state index in [1.807, 2.05) is 13.0 Å². The van der Waals surface area contributed by atoms with Crippen LogP contribution in [-0.4, -0.2) is 26.0 Å². The van der Waals surface area contributed by atoms with Crippen molar-refractivity contribution in [1.29, 1.82) is 0 Å². The zero-order valence-corrected chi connectivity index (χ0v) is 11.3. The molecular weight excluding hydrogens is 234 g/mol. The van der Waals surface area contributed by atoms with Crippen LogP contribution in [-0.2, 0) is 9.84 Å². The van der Waals surface area contributed by atoms with Crippen LogP contribution in [0.15, 0.2) is 18.2 Å². The number of hydrogen-bond donors (Lipinski definition) is 1. The lowest BCUT2D eigenvalue weighted by Crippen LogP contribution is -2.45. The van der Waals surface area contributed by atoms with Crippen LogP contribution in [0.1, 0.15) is 29.7 Å². The van der Waals surface area contributed by atoms with E-state index >= 15 is 0 Å². The van der Waals surface area contributed by atoms with Gasteiger partial charge in [-0.2, -0.15) is 0 Å². The zero-order valence-electron chi connectivity index (χ0n) is 10.5. The highest BCUT2D eigenvalue weighted by molar-refractivity contribution is 7.91. The summed E-state index contributed by atoms with van der Waals surface area (Å²) in [6.07, 6.45) is 0. The fraction of sp³-hybridized carbons (Fsp3) is 0.538. The van der Waals surface area contributed by atoms with Crippen LogP contribution in [0.2, 0.25) is 0 Å². The molecule has 0 aliphatic carbocycles. The molecule has 1 N–H and O–H groups in total. The molecule has 2 unspecified atom stereocenters. The zero-order chi connectivity index (χ0) is 12.6. The van der Waals surface area contributed by atoms with E-state index < -0.39 is 9.84 Å². The van der Waals surface area contributed by atoms with E-state index in [1.54, 1.807) is 0 Å². The summed E-state index contributed by atoms with van der Waals surface area (Å²) in [6.45, 7) is 6.04. The maximum absolute atomic E-state index is 11.8. The van der Waals surface area contributed by atoms with Gasteiger partial charge in [-0.05, 0) is 37.5 Å². The third kappa shape index (κ3) is 2.87. The number of sulfone groups is 1. The van der Waals surface area contributed by atoms with Gasteiger partial charge in [-0.15, -0.1) is 0 Å². The minimum atomic E-state index is -2.91. The normalized spacial score (nSPS) is 27.9. The van der Waals surface area contributed by atoms with Gasteiger partial charge in [0.2, 0.25) is 0 Å². The number of aryl methyl sites for hydroxylation is 2. The number of hydrogen-bond acceptors (Lipinski definition) is 3. The molecule has 2 atom stereocenters. The van der Waals surface area contributed by atoms with E-state index in [0.717, 1.165) is 5.56 Å². The first-order valence-electron chi connectivity index (χ1n) is 5.91. The predicted octanol–water partition coefficient (Wildman–Crippen LogP) is 1.75. The molecule has 1 saturated heterocycles. The smallest absolute Gasteiger partial charge is 0.153 e. The predicted molar refractivity (Wildman–Crippen MR) is 69.9 cm³/mol. The Labute approximate surface area is 103 Å². The van der Waals surface area contributed by atoms with Crippen molar-refractivity contribution in [2.45, 2.75) is 32.9 Å². The van der Waals surface area contributed by atoms with Crippen LogP contribution in [0.3, 0.4) is 0 Å². The highest BCUT2D eigenvalue weighted by Crippen LogP contribution is 2.22. The average Bonchev–Trinajstić information content (AvgIpc) is 2.19. The molecule has 1 aliphatic heterocycles. The van der Waals surface area contributed by atoms with Gasteiger partial charge in [0.1, 0.15) is 0 Å². The van der Waals surface area contributed by atoms with Crippen LogP contribution in [0.5, 0.6) is 0 Å². The minimum Gasteiger partial charge on any atom is -0.306 e. The molecule has 1 aliphatic rings. The van der Waals surface area contributed by atoms with Crippen molar-refractivity contribution < 1.29 is 8.42 Å². The average molecular weight is 253 g/mol. The van der Waals surface area contributed by atoms with Crippen LogP contribution >= 0.6 is 0 Å². The van der Waals surface area contributed by atoms with Gasteiger partial charge in [0.05, 0.1) is 11.5 Å². The third-order valence-electron chi connectivity index (χ3n) is 3.34. The van der Waals surface area contributed by atoms with Crippen LogP contribution in [0.25, 0.3) is 0 Å². The Bertz CT molecular complexity index is 522. The summed E-state index contributed by atoms with van der Waals surface area (Å²) in [5, 5.41) is 3.36. The van der Waals surface area contributed by atoms with Gasteiger partial charge in [0.25, 0.3) is 0 Å². The lowest BCUT2D eigenvalue weighted by atomic mass is 10.0. The molecule has 17 heavy (non-hydrogen) atoms. The van der Waals surface area contributed by atoms with E-state index in [2.05, 4.69) is 31.3 Å². The highest BCUT2D eigenvalue weighted by Gasteiger charge is 2.29. The summed E-state index contributed by atoms with van der Waals surface area (Å²) in [5.41, 5.74) is 3.52. The first-order chi connectivity index (χ1) is 7.87. The monoisotopic (exact) mass is 253 g/mol. The number of rotatable bonds is 1. The van der Waals surface area contributed by atoms with Crippen molar-refractivity contribution in [3.8, 4) is 0 Å². The molecule has 0 spiro atoms. The fourth-order valence-corrected chi connectivity index (χ4v) is 4.11. The van der Waals surface area contributed by atoms with E-state index in [0.29, 0.717) is 0 Å². The van der Waals surface area contributed by atoms with Gasteiger partial charge in [0, 0.05) is 12.1 Å². The molecule has 3 nitrogen and oxygen atoms in total. The van der Waals surface area contributed by atoms with Crippen molar-refractivity contribution in [3.05, 3.63) is 34.9 Å². The highest BCUT2D eigenvalue weighted by atomic mass is 32.2. The summed E-state index contributed by atoms with van der Waals surface area (Å²) in [7, 11) is -2.91. The Morgan fingerprint density at radius 2 is 1.88 bits per heavy atom. The number of nitrogens with one attached hydrogen (secondary N) is 1. The summed E-state index contributed by atoms with van der Waals surface area (Å²) < 4.78 is 23.5. The second kappa shape index (κ2) is 4.42. The fourth-order valence-electron chi connectivity index (χ4n) is 2.32. The van der Waals surface area contributed by atoms with Crippen LogP contribution in [0.4, 0.5) is 0 Å². The molecule has 0 radical (unpaired) electrons. The van der Waals surface area contributed by atoms with Crippen molar-refractivity contribution in [3.63, 3.8) is 0 Å². The molecule has 1 heterocycles. The first-order valence-corrected chi connectivity index (χ1v) is 7.73. The Kier molecular flexibility index (Phi) is 3.27. The van der Waals surface area contributed by atoms with E-state index in [1.165, 1.54) is 11.1 Å². The van der Waals surface area contributed by atoms with Gasteiger partial charge in [0.15, 0.2) is 9.84 Å². The summed E-state index contributed by atoms with van der Waals surface area (Å²) in [6, 6.07) is 6.12. The summed E-state index contributed by atoms with van der Waals surface area (Å²) >= 11 is 0. The SMILES string of the molecule is Cc1ccc(C2CS(=O)(=O)CC(C)N2)cc1C. The quantitative estimate of drug-likeness (QED) is 0.829. The van der Waals surface area contributed by atoms with Crippen molar-refractivity contribution in [2.75, 3.05) is 11.5 Å². The Hall–Kier alpha value is -0.870. The van der Waals surface area contributed by atoms with Gasteiger partial charge in [-0.1, -0.05) is 18.2 Å². The summed E-state index contributed by atoms with van der Waals surface area (Å²) in [5.74, 6) is 0.453. The largest absolute Gasteiger partial charge is 0.306 e. The Morgan fingerprint density at radius 3 is 2.47 bits per heavy atom. The van der Waals surface area contributed by atoms with Crippen molar-refractivity contribution >= 4 is 9.84 Å². The van der Waals surface area contributed by atoms with Gasteiger partial charge in [-0.3, -0.25) is 0 Å². The molecular formula is C13H19NO2S. The van der Waals surface area contributed by atoms with Gasteiger partial charge in [-0.25, -0.2) is 8.42 Å². The van der Waals surface area contributed by atoms with E-state index in [-0.39, 0.29) is 23.6 Å². The molecule has 0 aromatic heterocycles. The molecule has 94 valence electrons. The van der Waals surface area contributed by atoms with Crippen molar-refractivity contribution in [2.24, 2.45) is 0 Å². The first kappa shape index (κ1) is 12.6. The second-order valence-electron chi connectivity index (χ2n) is 5.04. The molecule has 1 aromatic carbocycles. The lowest BCUT2D eigenvalue weighted by Gasteiger charge is -2.29. The van der Waals surface area contributed by atoms with Gasteiger partial charge >= 0.3 is 0 Å². The molecule has 0 bridgehead atoms. The van der Waals surface area contributed by atoms with Crippen LogP contribution in [0, 0.1) is 13.8 Å². The lowest BCUT2D eigenvalue weighted by molar-refractivity contribution is 0.468. The van der Waals surface area contributed by atoms with E-state index in [4.69, 9.17) is 0 Å². The molecule has 0 amide bonds. The maximum atomic E-state index is 11.8. The molecule has 0 saturated carbocycles. The molecule has 1 fully saturated rings. The molecule has 1 aromatic rings. The van der Waals surface area contributed by atoms with Crippen LogP contribution < -0.4 is 5.32 Å². The summed E-state index contributed by atoms with van der Waals surface area (Å²) in [4.78, 5) is 0. The van der Waals surface area contributed by atoms with Crippen molar-refractivity contribution in [1.82, 2.24) is 5.32 Å². The molecule has 4 heteroatoms. The Morgan fingerprint density at radius 1 is 1.18 bits per heavy atom. The Balaban J connectivity index is 2.30. The third-order valence-corrected chi connectivity index (χ3v) is 5.19. The van der Waals surface area contributed by atoms with Gasteiger partial charge < -0.3 is 5.32 Å². The van der Waals surface area contributed by atoms with E-state index in [9.17, 15) is 8.42 Å². The molecule has 2 rings (SSSR count). The number of benzene rings is 1.